The second kappa shape index (κ2) is 6.73. The maximum Gasteiger partial charge on any atom is 0.262 e. The van der Waals surface area contributed by atoms with Crippen molar-refractivity contribution in [1.29, 1.82) is 0 Å². The van der Waals surface area contributed by atoms with E-state index >= 15 is 0 Å². The molecule has 2 aromatic carbocycles. The van der Waals surface area contributed by atoms with Crippen LogP contribution in [0.15, 0.2) is 48.5 Å². The smallest absolute Gasteiger partial charge is 0.262 e. The van der Waals surface area contributed by atoms with Gasteiger partial charge in [0.25, 0.3) is 17.7 Å². The molecule has 4 rings (SSSR count). The van der Waals surface area contributed by atoms with Crippen LogP contribution in [0.2, 0.25) is 0 Å². The van der Waals surface area contributed by atoms with E-state index in [1.165, 1.54) is 18.2 Å². The summed E-state index contributed by atoms with van der Waals surface area (Å²) < 4.78 is 0. The molecule has 1 atom stereocenters. The lowest BCUT2D eigenvalue weighted by Gasteiger charge is -2.27. The predicted molar refractivity (Wildman–Crippen MR) is 97.5 cm³/mol. The second-order valence-electron chi connectivity index (χ2n) is 6.53. The molecule has 2 N–H and O–H groups in total. The maximum absolute atomic E-state index is 12.8. The van der Waals surface area contributed by atoms with Crippen LogP contribution in [0.25, 0.3) is 0 Å². The zero-order valence-corrected chi connectivity index (χ0v) is 14.6. The Kier molecular flexibility index (Phi) is 4.23. The van der Waals surface area contributed by atoms with Crippen molar-refractivity contribution in [1.82, 2.24) is 10.2 Å². The first-order valence-corrected chi connectivity index (χ1v) is 8.68. The summed E-state index contributed by atoms with van der Waals surface area (Å²) in [7, 11) is 0. The fourth-order valence-corrected chi connectivity index (χ4v) is 3.34. The molecule has 2 aliphatic heterocycles. The molecular weight excluding hydrogens is 362 g/mol. The zero-order valence-electron chi connectivity index (χ0n) is 14.6. The molecule has 28 heavy (non-hydrogen) atoms. The molecule has 0 saturated carbocycles. The molecule has 1 saturated heterocycles. The maximum atomic E-state index is 12.8. The number of piperidine rings is 1. The molecule has 5 amide bonds. The van der Waals surface area contributed by atoms with Gasteiger partial charge in [0.1, 0.15) is 6.04 Å². The topological polar surface area (TPSA) is 113 Å². The Balaban J connectivity index is 1.58. The van der Waals surface area contributed by atoms with Crippen molar-refractivity contribution < 1.29 is 24.0 Å². The van der Waals surface area contributed by atoms with E-state index in [2.05, 4.69) is 10.6 Å². The molecule has 0 aliphatic carbocycles. The average molecular weight is 377 g/mol. The number of hydrogen-bond acceptors (Lipinski definition) is 5. The summed E-state index contributed by atoms with van der Waals surface area (Å²) in [4.78, 5) is 62.0. The fraction of sp³-hybridized carbons (Fsp3) is 0.150. The lowest BCUT2D eigenvalue weighted by Crippen LogP contribution is -2.54. The lowest BCUT2D eigenvalue weighted by atomic mass is 10.0. The predicted octanol–water partition coefficient (Wildman–Crippen LogP) is 1.34. The minimum atomic E-state index is -1.02. The molecule has 8 nitrogen and oxygen atoms in total. The van der Waals surface area contributed by atoms with E-state index in [1.807, 2.05) is 0 Å². The third kappa shape index (κ3) is 2.94. The van der Waals surface area contributed by atoms with Crippen LogP contribution >= 0.6 is 0 Å². The standard InChI is InChI=1S/C20H15N3O5/c24-16-9-8-15(18(26)22-16)23-19(27)13-7-6-12(10-14(13)20(23)28)21-17(25)11-4-2-1-3-5-11/h1-7,10,15H,8-9H2,(H,21,25)(H,22,24,26). The number of nitrogens with one attached hydrogen (secondary N) is 2. The van der Waals surface area contributed by atoms with Gasteiger partial charge in [-0.3, -0.25) is 34.2 Å². The summed E-state index contributed by atoms with van der Waals surface area (Å²) in [6.07, 6.45) is 0.149. The zero-order chi connectivity index (χ0) is 19.8. The van der Waals surface area contributed by atoms with Gasteiger partial charge >= 0.3 is 0 Å². The molecule has 2 aliphatic rings. The molecule has 0 spiro atoms. The van der Waals surface area contributed by atoms with E-state index in [9.17, 15) is 24.0 Å². The lowest BCUT2D eigenvalue weighted by molar-refractivity contribution is -0.136. The van der Waals surface area contributed by atoms with E-state index in [4.69, 9.17) is 0 Å². The van der Waals surface area contributed by atoms with Crippen LogP contribution in [-0.4, -0.2) is 40.5 Å². The van der Waals surface area contributed by atoms with Crippen molar-refractivity contribution in [2.75, 3.05) is 5.32 Å². The Hall–Kier alpha value is -3.81. The number of carbonyl (C=O) groups excluding carboxylic acids is 5. The van der Waals surface area contributed by atoms with Gasteiger partial charge < -0.3 is 5.32 Å². The molecule has 8 heteroatoms. The average Bonchev–Trinajstić information content (AvgIpc) is 2.93. The van der Waals surface area contributed by atoms with Gasteiger partial charge in [0.2, 0.25) is 11.8 Å². The summed E-state index contributed by atoms with van der Waals surface area (Å²) in [5.41, 5.74) is 1.09. The van der Waals surface area contributed by atoms with Crippen molar-refractivity contribution >= 4 is 35.2 Å². The quantitative estimate of drug-likeness (QED) is 0.784. The highest BCUT2D eigenvalue weighted by molar-refractivity contribution is 6.24. The second-order valence-corrected chi connectivity index (χ2v) is 6.53. The minimum Gasteiger partial charge on any atom is -0.322 e. The summed E-state index contributed by atoms with van der Waals surface area (Å²) in [5, 5.41) is 4.84. The number of carbonyl (C=O) groups is 5. The Morgan fingerprint density at radius 1 is 0.964 bits per heavy atom. The highest BCUT2D eigenvalue weighted by Gasteiger charge is 2.44. The van der Waals surface area contributed by atoms with Crippen LogP contribution in [-0.2, 0) is 9.59 Å². The van der Waals surface area contributed by atoms with Crippen LogP contribution in [0.1, 0.15) is 43.9 Å². The number of imide groups is 2. The molecular formula is C20H15N3O5. The first-order valence-electron chi connectivity index (χ1n) is 8.68. The first-order chi connectivity index (χ1) is 13.5. The van der Waals surface area contributed by atoms with Crippen molar-refractivity contribution in [3.05, 3.63) is 65.2 Å². The molecule has 2 heterocycles. The van der Waals surface area contributed by atoms with Gasteiger partial charge in [-0.15, -0.1) is 0 Å². The molecule has 0 radical (unpaired) electrons. The SMILES string of the molecule is O=C1CCC(N2C(=O)c3ccc(NC(=O)c4ccccc4)cc3C2=O)C(=O)N1. The van der Waals surface area contributed by atoms with E-state index in [-0.39, 0.29) is 29.9 Å². The molecule has 1 fully saturated rings. The van der Waals surface area contributed by atoms with Crippen LogP contribution < -0.4 is 10.6 Å². The van der Waals surface area contributed by atoms with Gasteiger partial charge in [-0.05, 0) is 36.8 Å². The number of rotatable bonds is 3. The summed E-state index contributed by atoms with van der Waals surface area (Å²) in [5.74, 6) is -2.65. The molecule has 2 aromatic rings. The highest BCUT2D eigenvalue weighted by Crippen LogP contribution is 2.29. The van der Waals surface area contributed by atoms with E-state index < -0.39 is 29.7 Å². The third-order valence-electron chi connectivity index (χ3n) is 4.73. The fourth-order valence-electron chi connectivity index (χ4n) is 3.34. The molecule has 1 unspecified atom stereocenters. The normalized spacial score (nSPS) is 18.7. The van der Waals surface area contributed by atoms with Gasteiger partial charge in [0.15, 0.2) is 0 Å². The molecule has 0 aromatic heterocycles. The van der Waals surface area contributed by atoms with Gasteiger partial charge in [-0.2, -0.15) is 0 Å². The Morgan fingerprint density at radius 3 is 2.39 bits per heavy atom. The number of amides is 5. The monoisotopic (exact) mass is 377 g/mol. The van der Waals surface area contributed by atoms with Crippen LogP contribution in [0.3, 0.4) is 0 Å². The van der Waals surface area contributed by atoms with E-state index in [0.717, 1.165) is 4.90 Å². The minimum absolute atomic E-state index is 0.0577. The van der Waals surface area contributed by atoms with Gasteiger partial charge in [0, 0.05) is 17.7 Å². The summed E-state index contributed by atoms with van der Waals surface area (Å²) in [6, 6.07) is 11.9. The van der Waals surface area contributed by atoms with Crippen molar-refractivity contribution in [3.8, 4) is 0 Å². The largest absolute Gasteiger partial charge is 0.322 e. The van der Waals surface area contributed by atoms with E-state index in [0.29, 0.717) is 11.3 Å². The molecule has 140 valence electrons. The molecule has 0 bridgehead atoms. The number of anilines is 1. The Labute approximate surface area is 159 Å². The van der Waals surface area contributed by atoms with Crippen LogP contribution in [0.4, 0.5) is 5.69 Å². The van der Waals surface area contributed by atoms with Crippen molar-refractivity contribution in [2.45, 2.75) is 18.9 Å². The van der Waals surface area contributed by atoms with Crippen molar-refractivity contribution in [2.24, 2.45) is 0 Å². The number of nitrogens with zero attached hydrogens (tertiary/aromatic N) is 1. The third-order valence-corrected chi connectivity index (χ3v) is 4.73. The highest BCUT2D eigenvalue weighted by atomic mass is 16.2. The number of benzene rings is 2. The van der Waals surface area contributed by atoms with Crippen molar-refractivity contribution in [3.63, 3.8) is 0 Å². The van der Waals surface area contributed by atoms with Crippen LogP contribution in [0, 0.1) is 0 Å². The van der Waals surface area contributed by atoms with Gasteiger partial charge in [-0.25, -0.2) is 0 Å². The van der Waals surface area contributed by atoms with Gasteiger partial charge in [-0.1, -0.05) is 18.2 Å². The Morgan fingerprint density at radius 2 is 1.68 bits per heavy atom. The van der Waals surface area contributed by atoms with E-state index in [1.54, 1.807) is 30.3 Å². The number of hydrogen-bond donors (Lipinski definition) is 2. The summed E-state index contributed by atoms with van der Waals surface area (Å²) >= 11 is 0. The Bertz CT molecular complexity index is 1030. The van der Waals surface area contributed by atoms with Gasteiger partial charge in [0.05, 0.1) is 11.1 Å². The number of fused-ring (bicyclic) bond motifs is 1. The first kappa shape index (κ1) is 17.6. The van der Waals surface area contributed by atoms with Crippen LogP contribution in [0.5, 0.6) is 0 Å². The summed E-state index contributed by atoms with van der Waals surface area (Å²) in [6.45, 7) is 0.